The Morgan fingerprint density at radius 2 is 1.59 bits per heavy atom. The van der Waals surface area contributed by atoms with Crippen molar-refractivity contribution in [2.24, 2.45) is 0 Å². The summed E-state index contributed by atoms with van der Waals surface area (Å²) >= 11 is 1.83. The van der Waals surface area contributed by atoms with Gasteiger partial charge in [-0.2, -0.15) is 0 Å². The lowest BCUT2D eigenvalue weighted by molar-refractivity contribution is 0.112. The highest BCUT2D eigenvalue weighted by Gasteiger charge is 2.07. The molecule has 0 aliphatic heterocycles. The molecule has 22 heavy (non-hydrogen) atoms. The van der Waals surface area contributed by atoms with Gasteiger partial charge in [-0.25, -0.2) is 0 Å². The lowest BCUT2D eigenvalue weighted by Gasteiger charge is -2.05. The van der Waals surface area contributed by atoms with Crippen molar-refractivity contribution in [3.8, 4) is 0 Å². The SMILES string of the molecule is O=Cc1ccccc1Cc1ccc2sc3ccccc3c2c1. The van der Waals surface area contributed by atoms with Crippen molar-refractivity contribution >= 4 is 37.8 Å². The predicted molar refractivity (Wildman–Crippen MR) is 94.0 cm³/mol. The van der Waals surface area contributed by atoms with Crippen molar-refractivity contribution in [2.45, 2.75) is 6.42 Å². The van der Waals surface area contributed by atoms with E-state index in [0.29, 0.717) is 0 Å². The quantitative estimate of drug-likeness (QED) is 0.459. The van der Waals surface area contributed by atoms with Gasteiger partial charge in [-0.15, -0.1) is 11.3 Å². The average molecular weight is 302 g/mol. The van der Waals surface area contributed by atoms with Crippen LogP contribution in [0.15, 0.2) is 66.7 Å². The maximum Gasteiger partial charge on any atom is 0.150 e. The zero-order valence-electron chi connectivity index (χ0n) is 12.0. The van der Waals surface area contributed by atoms with Crippen LogP contribution in [0.3, 0.4) is 0 Å². The minimum absolute atomic E-state index is 0.776. The smallest absolute Gasteiger partial charge is 0.150 e. The van der Waals surface area contributed by atoms with Gasteiger partial charge in [-0.3, -0.25) is 4.79 Å². The summed E-state index contributed by atoms with van der Waals surface area (Å²) < 4.78 is 2.64. The third-order valence-electron chi connectivity index (χ3n) is 4.02. The van der Waals surface area contributed by atoms with E-state index in [2.05, 4.69) is 42.5 Å². The summed E-state index contributed by atoms with van der Waals surface area (Å²) in [6.07, 6.45) is 1.73. The Balaban J connectivity index is 1.82. The van der Waals surface area contributed by atoms with Crippen LogP contribution >= 0.6 is 11.3 Å². The maximum atomic E-state index is 11.2. The maximum absolute atomic E-state index is 11.2. The molecule has 0 aliphatic rings. The summed E-state index contributed by atoms with van der Waals surface area (Å²) in [4.78, 5) is 11.2. The van der Waals surface area contributed by atoms with Gasteiger partial charge in [0.1, 0.15) is 6.29 Å². The first-order chi connectivity index (χ1) is 10.8. The van der Waals surface area contributed by atoms with Gasteiger partial charge < -0.3 is 0 Å². The van der Waals surface area contributed by atoms with Gasteiger partial charge in [0.2, 0.25) is 0 Å². The molecule has 1 aromatic heterocycles. The van der Waals surface area contributed by atoms with Gasteiger partial charge >= 0.3 is 0 Å². The second-order valence-electron chi connectivity index (χ2n) is 5.42. The van der Waals surface area contributed by atoms with E-state index in [0.717, 1.165) is 23.8 Å². The van der Waals surface area contributed by atoms with E-state index in [-0.39, 0.29) is 0 Å². The molecule has 0 N–H and O–H groups in total. The third kappa shape index (κ3) is 2.22. The van der Waals surface area contributed by atoms with E-state index >= 15 is 0 Å². The number of thiophene rings is 1. The van der Waals surface area contributed by atoms with E-state index in [4.69, 9.17) is 0 Å². The minimum atomic E-state index is 0.776. The minimum Gasteiger partial charge on any atom is -0.298 e. The lowest BCUT2D eigenvalue weighted by atomic mass is 9.99. The van der Waals surface area contributed by atoms with Crippen molar-refractivity contribution in [3.05, 3.63) is 83.4 Å². The fourth-order valence-corrected chi connectivity index (χ4v) is 4.00. The topological polar surface area (TPSA) is 17.1 Å². The molecule has 0 unspecified atom stereocenters. The Morgan fingerprint density at radius 1 is 0.818 bits per heavy atom. The fourth-order valence-electron chi connectivity index (χ4n) is 2.91. The van der Waals surface area contributed by atoms with Gasteiger partial charge in [0.15, 0.2) is 0 Å². The summed E-state index contributed by atoms with van der Waals surface area (Å²) in [5, 5.41) is 2.62. The molecule has 0 bridgehead atoms. The standard InChI is InChI=1S/C20H14OS/c21-13-16-6-2-1-5-15(16)11-14-9-10-20-18(12-14)17-7-3-4-8-19(17)22-20/h1-10,12-13H,11H2. The molecule has 0 amide bonds. The molecular weight excluding hydrogens is 288 g/mol. The van der Waals surface area contributed by atoms with Crippen LogP contribution < -0.4 is 0 Å². The van der Waals surface area contributed by atoms with Crippen molar-refractivity contribution < 1.29 is 4.79 Å². The van der Waals surface area contributed by atoms with E-state index in [9.17, 15) is 4.79 Å². The van der Waals surface area contributed by atoms with Crippen molar-refractivity contribution in [1.29, 1.82) is 0 Å². The van der Waals surface area contributed by atoms with Crippen molar-refractivity contribution in [3.63, 3.8) is 0 Å². The summed E-state index contributed by atoms with van der Waals surface area (Å²) in [6.45, 7) is 0. The number of aldehydes is 1. The molecule has 0 fully saturated rings. The lowest BCUT2D eigenvalue weighted by Crippen LogP contribution is -1.93. The molecule has 2 heteroatoms. The molecule has 1 heterocycles. The third-order valence-corrected chi connectivity index (χ3v) is 5.17. The first kappa shape index (κ1) is 13.2. The second kappa shape index (κ2) is 5.39. The van der Waals surface area contributed by atoms with E-state index in [1.165, 1.54) is 25.7 Å². The highest BCUT2D eigenvalue weighted by Crippen LogP contribution is 2.34. The molecule has 4 rings (SSSR count). The van der Waals surface area contributed by atoms with Crippen LogP contribution in [-0.2, 0) is 6.42 Å². The largest absolute Gasteiger partial charge is 0.298 e. The van der Waals surface area contributed by atoms with E-state index < -0.39 is 0 Å². The first-order valence-electron chi connectivity index (χ1n) is 7.28. The molecule has 0 saturated carbocycles. The Morgan fingerprint density at radius 3 is 2.50 bits per heavy atom. The molecule has 0 atom stereocenters. The van der Waals surface area contributed by atoms with E-state index in [1.807, 2.05) is 35.6 Å². The van der Waals surface area contributed by atoms with Crippen LogP contribution in [-0.4, -0.2) is 6.29 Å². The molecular formula is C20H14OS. The number of hydrogen-bond donors (Lipinski definition) is 0. The molecule has 0 radical (unpaired) electrons. The number of carbonyl (C=O) groups excluding carboxylic acids is 1. The van der Waals surface area contributed by atoms with Crippen LogP contribution in [0.2, 0.25) is 0 Å². The zero-order chi connectivity index (χ0) is 14.9. The molecule has 3 aromatic carbocycles. The Kier molecular flexibility index (Phi) is 3.24. The van der Waals surface area contributed by atoms with Crippen LogP contribution in [0.25, 0.3) is 20.2 Å². The van der Waals surface area contributed by atoms with Crippen LogP contribution in [0.1, 0.15) is 21.5 Å². The fraction of sp³-hybridized carbons (Fsp3) is 0.0500. The van der Waals surface area contributed by atoms with Gasteiger partial charge in [0.25, 0.3) is 0 Å². The average Bonchev–Trinajstić information content (AvgIpc) is 2.93. The molecule has 0 aliphatic carbocycles. The molecule has 4 aromatic rings. The summed E-state index contributed by atoms with van der Waals surface area (Å²) in [6, 6.07) is 22.9. The molecule has 0 saturated heterocycles. The summed E-state index contributed by atoms with van der Waals surface area (Å²) in [5.41, 5.74) is 3.10. The van der Waals surface area contributed by atoms with Crippen LogP contribution in [0, 0.1) is 0 Å². The van der Waals surface area contributed by atoms with Gasteiger partial charge in [0.05, 0.1) is 0 Å². The van der Waals surface area contributed by atoms with Gasteiger partial charge in [-0.1, -0.05) is 48.5 Å². The number of hydrogen-bond acceptors (Lipinski definition) is 2. The van der Waals surface area contributed by atoms with Gasteiger partial charge in [-0.05, 0) is 35.7 Å². The highest BCUT2D eigenvalue weighted by molar-refractivity contribution is 7.25. The summed E-state index contributed by atoms with van der Waals surface area (Å²) in [7, 11) is 0. The zero-order valence-corrected chi connectivity index (χ0v) is 12.8. The normalized spacial score (nSPS) is 11.1. The molecule has 1 nitrogen and oxygen atoms in total. The molecule has 0 spiro atoms. The number of carbonyl (C=O) groups is 1. The monoisotopic (exact) mass is 302 g/mol. The van der Waals surface area contributed by atoms with Crippen molar-refractivity contribution in [2.75, 3.05) is 0 Å². The summed E-state index contributed by atoms with van der Waals surface area (Å²) in [5.74, 6) is 0. The Hall–Kier alpha value is -2.45. The van der Waals surface area contributed by atoms with Crippen LogP contribution in [0.4, 0.5) is 0 Å². The van der Waals surface area contributed by atoms with Crippen LogP contribution in [0.5, 0.6) is 0 Å². The van der Waals surface area contributed by atoms with E-state index in [1.54, 1.807) is 0 Å². The number of rotatable bonds is 3. The number of benzene rings is 3. The highest BCUT2D eigenvalue weighted by atomic mass is 32.1. The number of fused-ring (bicyclic) bond motifs is 3. The molecule has 106 valence electrons. The predicted octanol–water partition coefficient (Wildman–Crippen LogP) is 5.46. The van der Waals surface area contributed by atoms with Crippen molar-refractivity contribution in [1.82, 2.24) is 0 Å². The second-order valence-corrected chi connectivity index (χ2v) is 6.51. The first-order valence-corrected chi connectivity index (χ1v) is 8.10. The van der Waals surface area contributed by atoms with Gasteiger partial charge in [0, 0.05) is 25.7 Å². The Labute approximate surface area is 132 Å². The Bertz CT molecular complexity index is 981.